The number of rotatable bonds is 6. The van der Waals surface area contributed by atoms with Gasteiger partial charge in [0, 0.05) is 25.7 Å². The molecule has 11 heteroatoms. The van der Waals surface area contributed by atoms with E-state index in [2.05, 4.69) is 9.97 Å². The molecule has 7 nitrogen and oxygen atoms in total. The number of fused-ring (bicyclic) bond motifs is 1. The first-order chi connectivity index (χ1) is 16.7. The summed E-state index contributed by atoms with van der Waals surface area (Å²) < 4.78 is 48.9. The highest BCUT2D eigenvalue weighted by Crippen LogP contribution is 2.39. The van der Waals surface area contributed by atoms with Crippen molar-refractivity contribution in [3.63, 3.8) is 0 Å². The number of carbonyl (C=O) groups excluding carboxylic acids is 1. The highest BCUT2D eigenvalue weighted by molar-refractivity contribution is 6.27. The number of hydrogen-bond acceptors (Lipinski definition) is 5. The van der Waals surface area contributed by atoms with Gasteiger partial charge in [-0.3, -0.25) is 4.79 Å². The molecule has 2 aromatic heterocycles. The molecule has 0 N–H and O–H groups in total. The van der Waals surface area contributed by atoms with Gasteiger partial charge in [-0.25, -0.2) is 9.97 Å². The number of ether oxygens (including phenoxy) is 1. The summed E-state index contributed by atoms with van der Waals surface area (Å²) in [6.07, 6.45) is -0.991. The first kappa shape index (κ1) is 24.8. The predicted octanol–water partition coefficient (Wildman–Crippen LogP) is 4.77. The molecule has 3 heterocycles. The van der Waals surface area contributed by atoms with Crippen molar-refractivity contribution in [2.45, 2.75) is 25.4 Å². The zero-order chi connectivity index (χ0) is 25.2. The van der Waals surface area contributed by atoms with Crippen LogP contribution >= 0.6 is 11.6 Å². The smallest absolute Gasteiger partial charge is 0.419 e. The normalized spacial score (nSPS) is 14.8. The largest absolute Gasteiger partial charge is 0.493 e. The van der Waals surface area contributed by atoms with Crippen molar-refractivity contribution in [1.82, 2.24) is 19.4 Å². The number of hydrogen-bond donors (Lipinski definition) is 0. The van der Waals surface area contributed by atoms with E-state index in [9.17, 15) is 23.2 Å². The van der Waals surface area contributed by atoms with E-state index in [1.54, 1.807) is 22.6 Å². The van der Waals surface area contributed by atoms with Gasteiger partial charge >= 0.3 is 6.18 Å². The van der Waals surface area contributed by atoms with Crippen LogP contribution in [0.25, 0.3) is 22.3 Å². The molecule has 1 saturated heterocycles. The van der Waals surface area contributed by atoms with E-state index in [0.717, 1.165) is 18.9 Å². The van der Waals surface area contributed by atoms with Gasteiger partial charge in [0.05, 0.1) is 29.7 Å². The molecule has 3 aromatic rings. The van der Waals surface area contributed by atoms with Crippen LogP contribution in [-0.2, 0) is 18.0 Å². The Balaban J connectivity index is 1.51. The lowest BCUT2D eigenvalue weighted by Crippen LogP contribution is -2.39. The van der Waals surface area contributed by atoms with Crippen LogP contribution in [0.1, 0.15) is 30.5 Å². The molecule has 4 rings (SSSR count). The van der Waals surface area contributed by atoms with Crippen molar-refractivity contribution in [3.8, 4) is 23.1 Å². The summed E-state index contributed by atoms with van der Waals surface area (Å²) >= 11 is 5.59. The van der Waals surface area contributed by atoms with Crippen LogP contribution in [0.4, 0.5) is 13.2 Å². The van der Waals surface area contributed by atoms with Gasteiger partial charge in [-0.15, -0.1) is 11.6 Å². The molecule has 0 aliphatic carbocycles. The summed E-state index contributed by atoms with van der Waals surface area (Å²) in [5, 5.41) is 9.42. The minimum Gasteiger partial charge on any atom is -0.493 e. The summed E-state index contributed by atoms with van der Waals surface area (Å²) in [4.78, 5) is 21.7. The molecule has 35 heavy (non-hydrogen) atoms. The van der Waals surface area contributed by atoms with Gasteiger partial charge in [-0.1, -0.05) is 0 Å². The molecular weight excluding hydrogens is 483 g/mol. The zero-order valence-electron chi connectivity index (χ0n) is 19.0. The molecular formula is C24H23ClF3N5O2. The Hall–Kier alpha value is -3.32. The number of imidazole rings is 1. The third-order valence-electron chi connectivity index (χ3n) is 6.26. The number of amides is 1. The van der Waals surface area contributed by atoms with Gasteiger partial charge in [0.15, 0.2) is 5.69 Å². The zero-order valence-corrected chi connectivity index (χ0v) is 19.7. The maximum Gasteiger partial charge on any atom is 0.419 e. The number of alkyl halides is 4. The average Bonchev–Trinajstić information content (AvgIpc) is 3.23. The van der Waals surface area contributed by atoms with Crippen LogP contribution in [0.5, 0.6) is 5.75 Å². The second kappa shape index (κ2) is 10.1. The number of likely N-dealkylation sites (tertiary alicyclic amines) is 1. The topological polar surface area (TPSA) is 84.0 Å². The number of benzene rings is 1. The van der Waals surface area contributed by atoms with E-state index in [4.69, 9.17) is 16.3 Å². The van der Waals surface area contributed by atoms with Crippen LogP contribution in [0.2, 0.25) is 0 Å². The lowest BCUT2D eigenvalue weighted by Gasteiger charge is -2.31. The molecule has 0 bridgehead atoms. The number of pyridine rings is 1. The number of aromatic nitrogens is 3. The summed E-state index contributed by atoms with van der Waals surface area (Å²) in [6.45, 7) is 1.32. The van der Waals surface area contributed by atoms with Gasteiger partial charge < -0.3 is 14.2 Å². The molecule has 1 aliphatic heterocycles. The minimum atomic E-state index is -4.63. The first-order valence-corrected chi connectivity index (χ1v) is 11.6. The Labute approximate surface area is 205 Å². The maximum atomic E-state index is 13.9. The number of nitriles is 1. The summed E-state index contributed by atoms with van der Waals surface area (Å²) in [7, 11) is 1.73. The van der Waals surface area contributed by atoms with E-state index >= 15 is 0 Å². The van der Waals surface area contributed by atoms with Gasteiger partial charge in [0.25, 0.3) is 0 Å². The number of halogens is 4. The Kier molecular flexibility index (Phi) is 7.17. The van der Waals surface area contributed by atoms with Crippen LogP contribution in [0, 0.1) is 17.2 Å². The van der Waals surface area contributed by atoms with Crippen molar-refractivity contribution in [2.24, 2.45) is 13.0 Å². The minimum absolute atomic E-state index is 0.0470. The molecule has 1 amide bonds. The SMILES string of the molecule is Cn1cnc2c(C#N)nc(-c3ccc(OCCC4CCN(C(=O)CCl)CC4)c(C(F)(F)F)c3)cc21. The summed E-state index contributed by atoms with van der Waals surface area (Å²) in [5.41, 5.74) is 0.606. The van der Waals surface area contributed by atoms with E-state index in [0.29, 0.717) is 30.5 Å². The molecule has 0 spiro atoms. The predicted molar refractivity (Wildman–Crippen MR) is 124 cm³/mol. The molecule has 184 valence electrons. The monoisotopic (exact) mass is 505 g/mol. The highest BCUT2D eigenvalue weighted by Gasteiger charge is 2.35. The van der Waals surface area contributed by atoms with Crippen LogP contribution < -0.4 is 4.74 Å². The van der Waals surface area contributed by atoms with Crippen molar-refractivity contribution in [3.05, 3.63) is 41.9 Å². The van der Waals surface area contributed by atoms with E-state index in [-0.39, 0.29) is 47.0 Å². The van der Waals surface area contributed by atoms with Crippen LogP contribution in [-0.4, -0.2) is 50.9 Å². The quantitative estimate of drug-likeness (QED) is 0.450. The van der Waals surface area contributed by atoms with E-state index < -0.39 is 11.7 Å². The van der Waals surface area contributed by atoms with Gasteiger partial charge in [0.1, 0.15) is 23.2 Å². The molecule has 1 fully saturated rings. The van der Waals surface area contributed by atoms with E-state index in [1.165, 1.54) is 18.5 Å². The maximum absolute atomic E-state index is 13.9. The molecule has 0 saturated carbocycles. The Morgan fingerprint density at radius 2 is 2.03 bits per heavy atom. The lowest BCUT2D eigenvalue weighted by atomic mass is 9.94. The average molecular weight is 506 g/mol. The van der Waals surface area contributed by atoms with Gasteiger partial charge in [-0.05, 0) is 49.4 Å². The molecule has 1 aliphatic rings. The van der Waals surface area contributed by atoms with Crippen molar-refractivity contribution < 1.29 is 22.7 Å². The number of aryl methyl sites for hydroxylation is 1. The summed E-state index contributed by atoms with van der Waals surface area (Å²) in [6, 6.07) is 7.37. The number of nitrogens with zero attached hydrogens (tertiary/aromatic N) is 5. The lowest BCUT2D eigenvalue weighted by molar-refractivity contribution is -0.139. The van der Waals surface area contributed by atoms with Gasteiger partial charge in [-0.2, -0.15) is 18.4 Å². The second-order valence-corrected chi connectivity index (χ2v) is 8.76. The summed E-state index contributed by atoms with van der Waals surface area (Å²) in [5.74, 6) is -0.136. The van der Waals surface area contributed by atoms with Crippen molar-refractivity contribution in [2.75, 3.05) is 25.6 Å². The molecule has 0 atom stereocenters. The fourth-order valence-electron chi connectivity index (χ4n) is 4.28. The molecule has 0 radical (unpaired) electrons. The first-order valence-electron chi connectivity index (χ1n) is 11.1. The Morgan fingerprint density at radius 3 is 2.69 bits per heavy atom. The Morgan fingerprint density at radius 1 is 1.29 bits per heavy atom. The fraction of sp³-hybridized carbons (Fsp3) is 0.417. The van der Waals surface area contributed by atoms with Crippen LogP contribution in [0.3, 0.4) is 0 Å². The van der Waals surface area contributed by atoms with Crippen molar-refractivity contribution in [1.29, 1.82) is 5.26 Å². The Bertz CT molecular complexity index is 1280. The number of carbonyl (C=O) groups is 1. The third kappa shape index (κ3) is 5.35. The standard InChI is InChI=1S/C24H23ClF3N5O2/c1-32-14-30-23-19(13-29)31-18(11-20(23)32)16-2-3-21(17(10-16)24(26,27)28)35-9-6-15-4-7-33(8-5-15)22(34)12-25/h2-3,10-11,14-15H,4-9,12H2,1H3. The van der Waals surface area contributed by atoms with Crippen LogP contribution in [0.15, 0.2) is 30.6 Å². The highest BCUT2D eigenvalue weighted by atomic mass is 35.5. The second-order valence-electron chi connectivity index (χ2n) is 8.49. The van der Waals surface area contributed by atoms with Gasteiger partial charge in [0.2, 0.25) is 5.91 Å². The number of piperidine rings is 1. The molecule has 0 unspecified atom stereocenters. The molecule has 1 aromatic carbocycles. The van der Waals surface area contributed by atoms with Crippen molar-refractivity contribution >= 4 is 28.5 Å². The third-order valence-corrected chi connectivity index (χ3v) is 6.49. The van der Waals surface area contributed by atoms with E-state index in [1.807, 2.05) is 6.07 Å². The fourth-order valence-corrected chi connectivity index (χ4v) is 4.45.